The van der Waals surface area contributed by atoms with Crippen LogP contribution in [0.2, 0.25) is 0 Å². The summed E-state index contributed by atoms with van der Waals surface area (Å²) in [6.07, 6.45) is 2.36. The van der Waals surface area contributed by atoms with Gasteiger partial charge in [0.1, 0.15) is 0 Å². The van der Waals surface area contributed by atoms with Crippen molar-refractivity contribution in [3.05, 3.63) is 38.9 Å². The van der Waals surface area contributed by atoms with E-state index in [1.807, 2.05) is 0 Å². The second kappa shape index (κ2) is 5.17. The molecule has 0 saturated heterocycles. The van der Waals surface area contributed by atoms with E-state index in [-0.39, 0.29) is 17.9 Å². The lowest BCUT2D eigenvalue weighted by molar-refractivity contribution is -0.119. The van der Waals surface area contributed by atoms with Crippen LogP contribution in [0.3, 0.4) is 0 Å². The molecule has 1 heterocycles. The van der Waals surface area contributed by atoms with Gasteiger partial charge in [-0.05, 0) is 37.5 Å². The molecule has 7 heteroatoms. The van der Waals surface area contributed by atoms with Gasteiger partial charge in [-0.2, -0.15) is 0 Å². The number of amides is 1. The number of fused-ring (bicyclic) bond motifs is 1. The molecular weight excluding hydrogens is 272 g/mol. The van der Waals surface area contributed by atoms with Crippen LogP contribution in [0.25, 0.3) is 11.0 Å². The average Bonchev–Trinajstić information content (AvgIpc) is 2.87. The van der Waals surface area contributed by atoms with Crippen molar-refractivity contribution in [2.75, 3.05) is 5.32 Å². The molecule has 1 saturated carbocycles. The molecule has 0 aliphatic heterocycles. The molecule has 5 N–H and O–H groups in total. The Bertz CT molecular complexity index is 808. The molecule has 0 spiro atoms. The van der Waals surface area contributed by atoms with Crippen LogP contribution >= 0.6 is 0 Å². The Balaban J connectivity index is 1.84. The van der Waals surface area contributed by atoms with Crippen LogP contribution in [0, 0.1) is 5.92 Å². The largest absolute Gasteiger partial charge is 0.328 e. The van der Waals surface area contributed by atoms with Gasteiger partial charge in [0.25, 0.3) is 0 Å². The fraction of sp³-hybridized carbons (Fsp3) is 0.357. The van der Waals surface area contributed by atoms with E-state index in [1.165, 1.54) is 0 Å². The van der Waals surface area contributed by atoms with E-state index < -0.39 is 11.1 Å². The van der Waals surface area contributed by atoms with Crippen molar-refractivity contribution in [1.82, 2.24) is 9.97 Å². The molecule has 21 heavy (non-hydrogen) atoms. The molecule has 0 radical (unpaired) electrons. The number of nitrogens with one attached hydrogen (secondary N) is 3. The zero-order valence-electron chi connectivity index (χ0n) is 11.3. The fourth-order valence-corrected chi connectivity index (χ4v) is 2.69. The number of carbonyl (C=O) groups is 1. The van der Waals surface area contributed by atoms with Crippen LogP contribution in [-0.4, -0.2) is 21.9 Å². The molecule has 110 valence electrons. The summed E-state index contributed by atoms with van der Waals surface area (Å²) in [5.41, 5.74) is 5.96. The van der Waals surface area contributed by atoms with Gasteiger partial charge in [0.05, 0.1) is 11.0 Å². The molecular formula is C14H16N4O3. The van der Waals surface area contributed by atoms with E-state index in [1.54, 1.807) is 18.2 Å². The van der Waals surface area contributed by atoms with Crippen molar-refractivity contribution in [3.63, 3.8) is 0 Å². The van der Waals surface area contributed by atoms with Gasteiger partial charge in [0, 0.05) is 17.6 Å². The minimum absolute atomic E-state index is 0.0610. The Morgan fingerprint density at radius 1 is 1.14 bits per heavy atom. The summed E-state index contributed by atoms with van der Waals surface area (Å²) in [7, 11) is 0. The molecule has 2 aromatic rings. The highest BCUT2D eigenvalue weighted by Gasteiger charge is 2.27. The number of carbonyl (C=O) groups excluding carboxylic acids is 1. The van der Waals surface area contributed by atoms with Crippen molar-refractivity contribution in [3.8, 4) is 0 Å². The van der Waals surface area contributed by atoms with Gasteiger partial charge in [-0.1, -0.05) is 0 Å². The molecule has 2 unspecified atom stereocenters. The smallest absolute Gasteiger partial charge is 0.314 e. The number of aromatic nitrogens is 2. The molecule has 3 rings (SSSR count). The fourth-order valence-electron chi connectivity index (χ4n) is 2.69. The van der Waals surface area contributed by atoms with Gasteiger partial charge in [-0.25, -0.2) is 0 Å². The van der Waals surface area contributed by atoms with Crippen LogP contribution in [0.5, 0.6) is 0 Å². The van der Waals surface area contributed by atoms with Crippen LogP contribution in [0.4, 0.5) is 5.69 Å². The van der Waals surface area contributed by atoms with Crippen LogP contribution in [-0.2, 0) is 4.79 Å². The van der Waals surface area contributed by atoms with E-state index in [0.717, 1.165) is 12.8 Å². The van der Waals surface area contributed by atoms with Gasteiger partial charge in [-0.3, -0.25) is 14.4 Å². The first-order chi connectivity index (χ1) is 10.0. The van der Waals surface area contributed by atoms with Crippen LogP contribution in [0.1, 0.15) is 19.3 Å². The molecule has 1 fully saturated rings. The third kappa shape index (κ3) is 2.73. The van der Waals surface area contributed by atoms with Gasteiger partial charge in [0.2, 0.25) is 5.91 Å². The van der Waals surface area contributed by atoms with Crippen LogP contribution < -0.4 is 22.2 Å². The zero-order chi connectivity index (χ0) is 15.0. The third-order valence-electron chi connectivity index (χ3n) is 3.83. The van der Waals surface area contributed by atoms with Crippen molar-refractivity contribution in [1.29, 1.82) is 0 Å². The molecule has 1 aromatic carbocycles. The molecule has 2 atom stereocenters. The number of benzene rings is 1. The Kier molecular flexibility index (Phi) is 3.34. The van der Waals surface area contributed by atoms with Crippen molar-refractivity contribution < 1.29 is 4.79 Å². The van der Waals surface area contributed by atoms with E-state index in [4.69, 9.17) is 5.73 Å². The summed E-state index contributed by atoms with van der Waals surface area (Å²) >= 11 is 0. The molecule has 0 bridgehead atoms. The van der Waals surface area contributed by atoms with Crippen molar-refractivity contribution in [2.45, 2.75) is 25.3 Å². The lowest BCUT2D eigenvalue weighted by Gasteiger charge is -2.11. The topological polar surface area (TPSA) is 121 Å². The number of anilines is 1. The summed E-state index contributed by atoms with van der Waals surface area (Å²) in [6, 6.07) is 5.05. The molecule has 1 aliphatic carbocycles. The number of hydrogen-bond donors (Lipinski definition) is 4. The Morgan fingerprint density at radius 2 is 1.86 bits per heavy atom. The highest BCUT2D eigenvalue weighted by molar-refractivity contribution is 5.94. The lowest BCUT2D eigenvalue weighted by Crippen LogP contribution is -2.29. The minimum Gasteiger partial charge on any atom is -0.328 e. The number of hydrogen-bond acceptors (Lipinski definition) is 4. The van der Waals surface area contributed by atoms with E-state index in [0.29, 0.717) is 23.1 Å². The van der Waals surface area contributed by atoms with Crippen molar-refractivity contribution in [2.24, 2.45) is 11.7 Å². The van der Waals surface area contributed by atoms with Gasteiger partial charge in [0.15, 0.2) is 0 Å². The second-order valence-electron chi connectivity index (χ2n) is 5.43. The molecule has 1 aromatic heterocycles. The summed E-state index contributed by atoms with van der Waals surface area (Å²) in [6.45, 7) is 0. The lowest BCUT2D eigenvalue weighted by atomic mass is 10.1. The second-order valence-corrected chi connectivity index (χ2v) is 5.43. The average molecular weight is 288 g/mol. The Morgan fingerprint density at radius 3 is 2.52 bits per heavy atom. The summed E-state index contributed by atoms with van der Waals surface area (Å²) in [4.78, 5) is 39.6. The quantitative estimate of drug-likeness (QED) is 0.593. The highest BCUT2D eigenvalue weighted by atomic mass is 16.2. The van der Waals surface area contributed by atoms with Crippen molar-refractivity contribution >= 4 is 22.6 Å². The monoisotopic (exact) mass is 288 g/mol. The summed E-state index contributed by atoms with van der Waals surface area (Å²) in [5, 5.41) is 2.82. The highest BCUT2D eigenvalue weighted by Crippen LogP contribution is 2.25. The van der Waals surface area contributed by atoms with Gasteiger partial charge in [-0.15, -0.1) is 0 Å². The molecule has 1 amide bonds. The SMILES string of the molecule is NC1CCC(C(=O)Nc2ccc3[nH]c(=O)c(=O)[nH]c3c2)C1. The maximum absolute atomic E-state index is 12.1. The first-order valence-corrected chi connectivity index (χ1v) is 6.86. The van der Waals surface area contributed by atoms with Gasteiger partial charge >= 0.3 is 11.1 Å². The molecule has 7 nitrogen and oxygen atoms in total. The Labute approximate surface area is 119 Å². The number of H-pyrrole nitrogens is 2. The predicted molar refractivity (Wildman–Crippen MR) is 79.1 cm³/mol. The van der Waals surface area contributed by atoms with E-state index in [2.05, 4.69) is 15.3 Å². The van der Waals surface area contributed by atoms with Gasteiger partial charge < -0.3 is 21.0 Å². The first kappa shape index (κ1) is 13.6. The number of nitrogens with two attached hydrogens (primary N) is 1. The first-order valence-electron chi connectivity index (χ1n) is 6.86. The number of rotatable bonds is 2. The maximum atomic E-state index is 12.1. The van der Waals surface area contributed by atoms with Crippen LogP contribution in [0.15, 0.2) is 27.8 Å². The van der Waals surface area contributed by atoms with E-state index >= 15 is 0 Å². The standard InChI is InChI=1S/C14H16N4O3/c15-8-2-1-7(5-8)12(19)16-9-3-4-10-11(6-9)18-14(21)13(20)17-10/h3-4,6-8H,1-2,5,15H2,(H,16,19)(H,17,20)(H,18,21). The predicted octanol–water partition coefficient (Wildman–Crippen LogP) is 0.282. The molecule has 1 aliphatic rings. The maximum Gasteiger partial charge on any atom is 0.314 e. The number of aromatic amines is 2. The minimum atomic E-state index is -0.715. The normalized spacial score (nSPS) is 21.6. The van der Waals surface area contributed by atoms with E-state index in [9.17, 15) is 14.4 Å². The summed E-state index contributed by atoms with van der Waals surface area (Å²) < 4.78 is 0. The zero-order valence-corrected chi connectivity index (χ0v) is 11.3. The third-order valence-corrected chi connectivity index (χ3v) is 3.83. The Hall–Kier alpha value is -2.41. The summed E-state index contributed by atoms with van der Waals surface area (Å²) in [5.74, 6) is -0.126.